The summed E-state index contributed by atoms with van der Waals surface area (Å²) in [5.74, 6) is -0.432. The van der Waals surface area contributed by atoms with Crippen LogP contribution in [0.15, 0.2) is 24.3 Å². The molecule has 0 unspecified atom stereocenters. The molecular weight excluding hydrogens is 280 g/mol. The molecule has 112 valence electrons. The minimum Gasteiger partial charge on any atom is -0.460 e. The summed E-state index contributed by atoms with van der Waals surface area (Å²) in [6.45, 7) is 4.52. The summed E-state index contributed by atoms with van der Waals surface area (Å²) in [6.07, 6.45) is 2.19. The number of carbonyl (C=O) groups is 1. The molecule has 0 aromatic heterocycles. The van der Waals surface area contributed by atoms with Gasteiger partial charge in [0.1, 0.15) is 6.61 Å². The van der Waals surface area contributed by atoms with Crippen LogP contribution in [0.3, 0.4) is 0 Å². The van der Waals surface area contributed by atoms with Gasteiger partial charge in [0.15, 0.2) is 0 Å². The molecule has 0 aliphatic rings. The lowest BCUT2D eigenvalue weighted by molar-refractivity contribution is 0.0143. The summed E-state index contributed by atoms with van der Waals surface area (Å²) in [5.41, 5.74) is 0.372. The quantitative estimate of drug-likeness (QED) is 0.491. The first-order valence-corrected chi connectivity index (χ1v) is 7.20. The predicted molar refractivity (Wildman–Crippen MR) is 78.3 cm³/mol. The number of halogens is 1. The second-order valence-electron chi connectivity index (χ2n) is 4.19. The summed E-state index contributed by atoms with van der Waals surface area (Å²) < 4.78 is 15.7. The second kappa shape index (κ2) is 10.7. The van der Waals surface area contributed by atoms with E-state index >= 15 is 0 Å². The molecule has 0 saturated heterocycles. The van der Waals surface area contributed by atoms with Crippen LogP contribution in [0.2, 0.25) is 5.02 Å². The van der Waals surface area contributed by atoms with Crippen LogP contribution in [-0.4, -0.2) is 39.0 Å². The minimum absolute atomic E-state index is 0.207. The summed E-state index contributed by atoms with van der Waals surface area (Å²) >= 11 is 5.89. The van der Waals surface area contributed by atoms with Crippen molar-refractivity contribution in [2.45, 2.75) is 19.8 Å². The van der Waals surface area contributed by atoms with Crippen molar-refractivity contribution < 1.29 is 19.0 Å². The molecule has 0 aliphatic carbocycles. The van der Waals surface area contributed by atoms with E-state index in [1.165, 1.54) is 0 Å². The van der Waals surface area contributed by atoms with E-state index in [0.29, 0.717) is 30.4 Å². The number of rotatable bonds is 10. The lowest BCUT2D eigenvalue weighted by atomic mass is 10.2. The molecule has 20 heavy (non-hydrogen) atoms. The van der Waals surface area contributed by atoms with Gasteiger partial charge in [-0.1, -0.05) is 37.1 Å². The maximum atomic E-state index is 11.7. The van der Waals surface area contributed by atoms with E-state index in [9.17, 15) is 4.79 Å². The molecule has 4 nitrogen and oxygen atoms in total. The normalized spacial score (nSPS) is 10.5. The molecule has 0 aliphatic heterocycles. The summed E-state index contributed by atoms with van der Waals surface area (Å²) in [4.78, 5) is 11.7. The van der Waals surface area contributed by atoms with Crippen molar-refractivity contribution >= 4 is 17.6 Å². The standard InChI is InChI=1S/C15H21ClO4/c1-2-3-8-18-9-10-19-11-12-20-15(17)13-6-4-5-7-14(13)16/h4-7H,2-3,8-12H2,1H3. The van der Waals surface area contributed by atoms with Crippen LogP contribution in [0.25, 0.3) is 0 Å². The van der Waals surface area contributed by atoms with E-state index in [1.54, 1.807) is 24.3 Å². The molecule has 0 fully saturated rings. The highest BCUT2D eigenvalue weighted by Gasteiger charge is 2.10. The van der Waals surface area contributed by atoms with Crippen LogP contribution in [0.1, 0.15) is 30.1 Å². The molecule has 0 radical (unpaired) electrons. The Morgan fingerprint density at radius 1 is 1.05 bits per heavy atom. The number of unbranched alkanes of at least 4 members (excludes halogenated alkanes) is 1. The van der Waals surface area contributed by atoms with Gasteiger partial charge in [0.25, 0.3) is 0 Å². The number of benzene rings is 1. The molecular formula is C15H21ClO4. The van der Waals surface area contributed by atoms with E-state index in [2.05, 4.69) is 6.92 Å². The smallest absolute Gasteiger partial charge is 0.339 e. The molecule has 5 heteroatoms. The number of carbonyl (C=O) groups excluding carboxylic acids is 1. The van der Waals surface area contributed by atoms with Gasteiger partial charge in [-0.3, -0.25) is 0 Å². The summed E-state index contributed by atoms with van der Waals surface area (Å²) in [6, 6.07) is 6.79. The first-order valence-electron chi connectivity index (χ1n) is 6.83. The highest BCUT2D eigenvalue weighted by atomic mass is 35.5. The molecule has 0 heterocycles. The van der Waals surface area contributed by atoms with Crippen molar-refractivity contribution in [2.75, 3.05) is 33.0 Å². The lowest BCUT2D eigenvalue weighted by Crippen LogP contribution is -2.13. The molecule has 0 N–H and O–H groups in total. The molecule has 1 aromatic rings. The zero-order valence-electron chi connectivity index (χ0n) is 11.8. The zero-order valence-corrected chi connectivity index (χ0v) is 12.5. The molecule has 0 spiro atoms. The highest BCUT2D eigenvalue weighted by molar-refractivity contribution is 6.33. The van der Waals surface area contributed by atoms with Gasteiger partial charge in [0, 0.05) is 6.61 Å². The van der Waals surface area contributed by atoms with Crippen LogP contribution in [0.5, 0.6) is 0 Å². The van der Waals surface area contributed by atoms with Crippen LogP contribution in [0, 0.1) is 0 Å². The summed E-state index contributed by atoms with van der Waals surface area (Å²) in [7, 11) is 0. The van der Waals surface area contributed by atoms with E-state index in [1.807, 2.05) is 0 Å². The molecule has 1 rings (SSSR count). The fraction of sp³-hybridized carbons (Fsp3) is 0.533. The van der Waals surface area contributed by atoms with Gasteiger partial charge in [-0.2, -0.15) is 0 Å². The number of esters is 1. The van der Waals surface area contributed by atoms with Crippen molar-refractivity contribution in [1.82, 2.24) is 0 Å². The Bertz CT molecular complexity index is 395. The van der Waals surface area contributed by atoms with Gasteiger partial charge in [0.2, 0.25) is 0 Å². The van der Waals surface area contributed by atoms with Crippen molar-refractivity contribution in [2.24, 2.45) is 0 Å². The first kappa shape index (κ1) is 17.0. The fourth-order valence-electron chi connectivity index (χ4n) is 1.47. The second-order valence-corrected chi connectivity index (χ2v) is 4.60. The van der Waals surface area contributed by atoms with E-state index in [-0.39, 0.29) is 6.61 Å². The van der Waals surface area contributed by atoms with E-state index < -0.39 is 5.97 Å². The zero-order chi connectivity index (χ0) is 14.6. The molecule has 1 aromatic carbocycles. The van der Waals surface area contributed by atoms with Crippen molar-refractivity contribution in [3.05, 3.63) is 34.9 Å². The predicted octanol–water partition coefficient (Wildman–Crippen LogP) is 3.33. The Labute approximate surface area is 125 Å². The van der Waals surface area contributed by atoms with Gasteiger partial charge in [-0.25, -0.2) is 4.79 Å². The largest absolute Gasteiger partial charge is 0.460 e. The third kappa shape index (κ3) is 6.89. The topological polar surface area (TPSA) is 44.8 Å². The number of hydrogen-bond donors (Lipinski definition) is 0. The van der Waals surface area contributed by atoms with Gasteiger partial charge in [-0.05, 0) is 18.6 Å². The Morgan fingerprint density at radius 3 is 2.40 bits per heavy atom. The van der Waals surface area contributed by atoms with Crippen molar-refractivity contribution in [1.29, 1.82) is 0 Å². The maximum absolute atomic E-state index is 11.7. The van der Waals surface area contributed by atoms with Crippen LogP contribution < -0.4 is 0 Å². The van der Waals surface area contributed by atoms with Crippen LogP contribution >= 0.6 is 11.6 Å². The Morgan fingerprint density at radius 2 is 1.70 bits per heavy atom. The highest BCUT2D eigenvalue weighted by Crippen LogP contribution is 2.15. The Kier molecular flexibility index (Phi) is 9.04. The lowest BCUT2D eigenvalue weighted by Gasteiger charge is -2.07. The third-order valence-electron chi connectivity index (χ3n) is 2.57. The monoisotopic (exact) mass is 300 g/mol. The van der Waals surface area contributed by atoms with Gasteiger partial charge in [0.05, 0.1) is 30.4 Å². The first-order chi connectivity index (χ1) is 9.75. The SMILES string of the molecule is CCCCOCCOCCOC(=O)c1ccccc1Cl. The molecule has 0 bridgehead atoms. The minimum atomic E-state index is -0.432. The van der Waals surface area contributed by atoms with Crippen molar-refractivity contribution in [3.8, 4) is 0 Å². The van der Waals surface area contributed by atoms with E-state index in [4.69, 9.17) is 25.8 Å². The van der Waals surface area contributed by atoms with Gasteiger partial charge < -0.3 is 14.2 Å². The molecule has 0 saturated carbocycles. The number of ether oxygens (including phenoxy) is 3. The fourth-order valence-corrected chi connectivity index (χ4v) is 1.68. The Hall–Kier alpha value is -1.10. The maximum Gasteiger partial charge on any atom is 0.339 e. The molecule has 0 amide bonds. The summed E-state index contributed by atoms with van der Waals surface area (Å²) in [5, 5.41) is 0.391. The van der Waals surface area contributed by atoms with Crippen LogP contribution in [-0.2, 0) is 14.2 Å². The van der Waals surface area contributed by atoms with Gasteiger partial charge >= 0.3 is 5.97 Å². The molecule has 0 atom stereocenters. The average molecular weight is 301 g/mol. The third-order valence-corrected chi connectivity index (χ3v) is 2.90. The van der Waals surface area contributed by atoms with E-state index in [0.717, 1.165) is 19.4 Å². The van der Waals surface area contributed by atoms with Crippen molar-refractivity contribution in [3.63, 3.8) is 0 Å². The van der Waals surface area contributed by atoms with Gasteiger partial charge in [-0.15, -0.1) is 0 Å². The Balaban J connectivity index is 2.04. The van der Waals surface area contributed by atoms with Crippen LogP contribution in [0.4, 0.5) is 0 Å². The average Bonchev–Trinajstić information content (AvgIpc) is 2.46. The number of hydrogen-bond acceptors (Lipinski definition) is 4.